The quantitative estimate of drug-likeness (QED) is 0.866. The van der Waals surface area contributed by atoms with Gasteiger partial charge >= 0.3 is 0 Å². The first-order valence-electron chi connectivity index (χ1n) is 7.68. The standard InChI is InChI=1S/C15H28N2O2.ClH/c1-3-14(4-2)5-8-17(12-14)13(18)15(11-16)6-9-19-10-7-15;/h3-12,16H2,1-2H3;1H. The van der Waals surface area contributed by atoms with E-state index in [4.69, 9.17) is 10.5 Å². The molecule has 2 rings (SSSR count). The van der Waals surface area contributed by atoms with Crippen LogP contribution in [0.2, 0.25) is 0 Å². The molecule has 0 spiro atoms. The monoisotopic (exact) mass is 304 g/mol. The Hall–Kier alpha value is -0.320. The Morgan fingerprint density at radius 1 is 1.20 bits per heavy atom. The number of hydrogen-bond acceptors (Lipinski definition) is 3. The topological polar surface area (TPSA) is 55.6 Å². The van der Waals surface area contributed by atoms with Crippen molar-refractivity contribution < 1.29 is 9.53 Å². The lowest BCUT2D eigenvalue weighted by Gasteiger charge is -2.38. The summed E-state index contributed by atoms with van der Waals surface area (Å²) >= 11 is 0. The zero-order valence-corrected chi connectivity index (χ0v) is 13.6. The van der Waals surface area contributed by atoms with E-state index in [0.29, 0.717) is 25.2 Å². The second-order valence-electron chi connectivity index (χ2n) is 6.28. The molecular formula is C15H29ClN2O2. The summed E-state index contributed by atoms with van der Waals surface area (Å²) in [4.78, 5) is 14.9. The van der Waals surface area contributed by atoms with Gasteiger partial charge in [0.2, 0.25) is 5.91 Å². The minimum absolute atomic E-state index is 0. The Morgan fingerprint density at radius 3 is 2.25 bits per heavy atom. The van der Waals surface area contributed by atoms with Crippen LogP contribution in [0.25, 0.3) is 0 Å². The number of carbonyl (C=O) groups excluding carboxylic acids is 1. The van der Waals surface area contributed by atoms with Gasteiger partial charge in [0.15, 0.2) is 0 Å². The fourth-order valence-corrected chi connectivity index (χ4v) is 3.54. The Morgan fingerprint density at radius 2 is 1.80 bits per heavy atom. The SMILES string of the molecule is CCC1(CC)CCN(C(=O)C2(CN)CCOCC2)C1.Cl. The highest BCUT2D eigenvalue weighted by atomic mass is 35.5. The lowest BCUT2D eigenvalue weighted by molar-refractivity contribution is -0.146. The van der Waals surface area contributed by atoms with Crippen LogP contribution in [0, 0.1) is 10.8 Å². The zero-order valence-electron chi connectivity index (χ0n) is 12.8. The molecule has 0 radical (unpaired) electrons. The lowest BCUT2D eigenvalue weighted by Crippen LogP contribution is -2.50. The van der Waals surface area contributed by atoms with Gasteiger partial charge in [-0.3, -0.25) is 4.79 Å². The van der Waals surface area contributed by atoms with Gasteiger partial charge in [0, 0.05) is 32.8 Å². The number of ether oxygens (including phenoxy) is 1. The number of amides is 1. The minimum Gasteiger partial charge on any atom is -0.381 e. The van der Waals surface area contributed by atoms with Crippen LogP contribution in [0.4, 0.5) is 0 Å². The summed E-state index contributed by atoms with van der Waals surface area (Å²) in [5.41, 5.74) is 5.93. The normalized spacial score (nSPS) is 24.2. The van der Waals surface area contributed by atoms with Crippen molar-refractivity contribution >= 4 is 18.3 Å². The van der Waals surface area contributed by atoms with Crippen molar-refractivity contribution in [1.82, 2.24) is 4.90 Å². The van der Waals surface area contributed by atoms with Gasteiger partial charge in [0.05, 0.1) is 5.41 Å². The highest BCUT2D eigenvalue weighted by molar-refractivity contribution is 5.85. The smallest absolute Gasteiger partial charge is 0.230 e. The third-order valence-corrected chi connectivity index (χ3v) is 5.52. The zero-order chi connectivity index (χ0) is 13.9. The van der Waals surface area contributed by atoms with Gasteiger partial charge in [-0.1, -0.05) is 13.8 Å². The molecule has 2 aliphatic rings. The molecule has 1 amide bonds. The lowest BCUT2D eigenvalue weighted by atomic mass is 9.78. The Labute approximate surface area is 128 Å². The molecule has 2 fully saturated rings. The van der Waals surface area contributed by atoms with E-state index in [-0.39, 0.29) is 23.7 Å². The molecule has 2 N–H and O–H groups in total. The largest absolute Gasteiger partial charge is 0.381 e. The average molecular weight is 305 g/mol. The summed E-state index contributed by atoms with van der Waals surface area (Å²) in [5.74, 6) is 0.280. The van der Waals surface area contributed by atoms with Crippen LogP contribution in [0.1, 0.15) is 46.0 Å². The molecule has 0 bridgehead atoms. The van der Waals surface area contributed by atoms with Crippen molar-refractivity contribution in [2.24, 2.45) is 16.6 Å². The molecule has 0 saturated carbocycles. The molecule has 0 aromatic rings. The second-order valence-corrected chi connectivity index (χ2v) is 6.28. The van der Waals surface area contributed by atoms with Crippen LogP contribution >= 0.6 is 12.4 Å². The van der Waals surface area contributed by atoms with E-state index >= 15 is 0 Å². The van der Waals surface area contributed by atoms with Crippen LogP contribution in [-0.2, 0) is 9.53 Å². The molecule has 0 aromatic heterocycles. The summed E-state index contributed by atoms with van der Waals surface area (Å²) in [6.45, 7) is 8.10. The molecule has 0 aliphatic carbocycles. The van der Waals surface area contributed by atoms with E-state index in [1.54, 1.807) is 0 Å². The molecule has 118 valence electrons. The van der Waals surface area contributed by atoms with E-state index in [1.165, 1.54) is 0 Å². The van der Waals surface area contributed by atoms with Crippen molar-refractivity contribution in [2.45, 2.75) is 46.0 Å². The fraction of sp³-hybridized carbons (Fsp3) is 0.933. The maximum Gasteiger partial charge on any atom is 0.230 e. The number of nitrogens with two attached hydrogens (primary N) is 1. The molecule has 5 heteroatoms. The summed E-state index contributed by atoms with van der Waals surface area (Å²) in [6.07, 6.45) is 5.02. The summed E-state index contributed by atoms with van der Waals surface area (Å²) in [6, 6.07) is 0. The molecule has 2 saturated heterocycles. The second kappa shape index (κ2) is 7.10. The maximum atomic E-state index is 12.9. The van der Waals surface area contributed by atoms with Crippen LogP contribution in [0.3, 0.4) is 0 Å². The Balaban J connectivity index is 0.00000200. The first-order valence-corrected chi connectivity index (χ1v) is 7.68. The van der Waals surface area contributed by atoms with Crippen LogP contribution in [-0.4, -0.2) is 43.7 Å². The molecule has 20 heavy (non-hydrogen) atoms. The van der Waals surface area contributed by atoms with E-state index in [9.17, 15) is 4.79 Å². The van der Waals surface area contributed by atoms with Gasteiger partial charge in [-0.2, -0.15) is 0 Å². The average Bonchev–Trinajstić information content (AvgIpc) is 2.92. The first-order chi connectivity index (χ1) is 9.11. The Kier molecular flexibility index (Phi) is 6.29. The third kappa shape index (κ3) is 3.12. The number of hydrogen-bond donors (Lipinski definition) is 1. The fourth-order valence-electron chi connectivity index (χ4n) is 3.54. The maximum absolute atomic E-state index is 12.9. The van der Waals surface area contributed by atoms with Crippen molar-refractivity contribution in [2.75, 3.05) is 32.8 Å². The van der Waals surface area contributed by atoms with Gasteiger partial charge in [0.1, 0.15) is 0 Å². The molecule has 0 aromatic carbocycles. The number of carbonyl (C=O) groups is 1. The molecule has 4 nitrogen and oxygen atoms in total. The first kappa shape index (κ1) is 17.7. The molecule has 2 heterocycles. The number of rotatable bonds is 4. The van der Waals surface area contributed by atoms with Crippen LogP contribution < -0.4 is 5.73 Å². The van der Waals surface area contributed by atoms with E-state index in [1.807, 2.05) is 0 Å². The highest BCUT2D eigenvalue weighted by Gasteiger charge is 2.45. The summed E-state index contributed by atoms with van der Waals surface area (Å²) < 4.78 is 5.40. The van der Waals surface area contributed by atoms with Gasteiger partial charge in [-0.05, 0) is 37.5 Å². The van der Waals surface area contributed by atoms with Gasteiger partial charge < -0.3 is 15.4 Å². The van der Waals surface area contributed by atoms with Gasteiger partial charge in [0.25, 0.3) is 0 Å². The number of likely N-dealkylation sites (tertiary alicyclic amines) is 1. The molecular weight excluding hydrogens is 276 g/mol. The summed E-state index contributed by atoms with van der Waals surface area (Å²) in [7, 11) is 0. The molecule has 0 unspecified atom stereocenters. The Bertz CT molecular complexity index is 326. The van der Waals surface area contributed by atoms with Gasteiger partial charge in [-0.15, -0.1) is 12.4 Å². The van der Waals surface area contributed by atoms with Crippen molar-refractivity contribution in [1.29, 1.82) is 0 Å². The van der Waals surface area contributed by atoms with Crippen LogP contribution in [0.15, 0.2) is 0 Å². The van der Waals surface area contributed by atoms with Crippen molar-refractivity contribution in [3.8, 4) is 0 Å². The number of halogens is 1. The van der Waals surface area contributed by atoms with Crippen molar-refractivity contribution in [3.63, 3.8) is 0 Å². The molecule has 2 aliphatic heterocycles. The van der Waals surface area contributed by atoms with E-state index in [2.05, 4.69) is 18.7 Å². The van der Waals surface area contributed by atoms with Crippen LogP contribution in [0.5, 0.6) is 0 Å². The number of nitrogens with zero attached hydrogens (tertiary/aromatic N) is 1. The highest BCUT2D eigenvalue weighted by Crippen LogP contribution is 2.40. The summed E-state index contributed by atoms with van der Waals surface area (Å²) in [5, 5.41) is 0. The predicted molar refractivity (Wildman–Crippen MR) is 83.0 cm³/mol. The minimum atomic E-state index is -0.351. The van der Waals surface area contributed by atoms with Gasteiger partial charge in [-0.25, -0.2) is 0 Å². The van der Waals surface area contributed by atoms with E-state index < -0.39 is 0 Å². The van der Waals surface area contributed by atoms with E-state index in [0.717, 1.165) is 45.2 Å². The molecule has 0 atom stereocenters. The predicted octanol–water partition coefficient (Wildman–Crippen LogP) is 2.20. The van der Waals surface area contributed by atoms with Crippen molar-refractivity contribution in [3.05, 3.63) is 0 Å². The third-order valence-electron chi connectivity index (χ3n) is 5.52.